The van der Waals surface area contributed by atoms with Crippen LogP contribution in [0.15, 0.2) is 29.6 Å². The maximum absolute atomic E-state index is 13.4. The second-order valence-electron chi connectivity index (χ2n) is 4.39. The topological polar surface area (TPSA) is 55.1 Å². The number of nitrogens with two attached hydrogens (primary N) is 1. The maximum Gasteiger partial charge on any atom is 0.251 e. The summed E-state index contributed by atoms with van der Waals surface area (Å²) < 4.78 is 13.4. The second kappa shape index (κ2) is 5.40. The van der Waals surface area contributed by atoms with E-state index in [9.17, 15) is 9.18 Å². The number of carbonyl (C=O) groups excluding carboxylic acids is 1. The number of rotatable bonds is 4. The van der Waals surface area contributed by atoms with E-state index in [1.54, 1.807) is 17.4 Å². The number of carbonyl (C=O) groups is 1. The average molecular weight is 278 g/mol. The fourth-order valence-corrected chi connectivity index (χ4v) is 2.88. The molecule has 0 bridgehead atoms. The summed E-state index contributed by atoms with van der Waals surface area (Å²) in [5.74, 6) is -1.36. The molecule has 100 valence electrons. The molecular weight excluding hydrogens is 263 g/mol. The van der Waals surface area contributed by atoms with Crippen LogP contribution in [0, 0.1) is 12.7 Å². The normalized spacial score (nSPS) is 12.2. The van der Waals surface area contributed by atoms with Crippen molar-refractivity contribution in [3.63, 3.8) is 0 Å². The van der Waals surface area contributed by atoms with Crippen molar-refractivity contribution in [2.24, 2.45) is 5.73 Å². The minimum Gasteiger partial charge on any atom is -0.378 e. The zero-order valence-corrected chi connectivity index (χ0v) is 11.6. The molecule has 3 N–H and O–H groups in total. The lowest BCUT2D eigenvalue weighted by molar-refractivity contribution is 0.0996. The number of hydrogen-bond acceptors (Lipinski definition) is 3. The predicted molar refractivity (Wildman–Crippen MR) is 76.0 cm³/mol. The molecule has 0 aliphatic rings. The van der Waals surface area contributed by atoms with Crippen LogP contribution in [0.1, 0.15) is 33.8 Å². The molecule has 0 spiro atoms. The van der Waals surface area contributed by atoms with E-state index in [2.05, 4.69) is 11.4 Å². The molecule has 1 heterocycles. The number of halogens is 1. The van der Waals surface area contributed by atoms with Gasteiger partial charge >= 0.3 is 0 Å². The fraction of sp³-hybridized carbons (Fsp3) is 0.214. The zero-order valence-electron chi connectivity index (χ0n) is 10.7. The Kier molecular flexibility index (Phi) is 3.85. The Morgan fingerprint density at radius 3 is 2.74 bits per heavy atom. The van der Waals surface area contributed by atoms with Crippen LogP contribution >= 0.6 is 11.3 Å². The molecule has 0 saturated carbocycles. The highest BCUT2D eigenvalue weighted by Gasteiger charge is 2.12. The van der Waals surface area contributed by atoms with Crippen LogP contribution in [0.4, 0.5) is 10.1 Å². The molecule has 1 amide bonds. The highest BCUT2D eigenvalue weighted by atomic mass is 32.1. The van der Waals surface area contributed by atoms with E-state index < -0.39 is 11.7 Å². The van der Waals surface area contributed by atoms with Gasteiger partial charge in [-0.2, -0.15) is 0 Å². The zero-order chi connectivity index (χ0) is 14.0. The number of amides is 1. The number of primary amides is 1. The van der Waals surface area contributed by atoms with E-state index in [4.69, 9.17) is 5.73 Å². The quantitative estimate of drug-likeness (QED) is 0.899. The lowest BCUT2D eigenvalue weighted by Crippen LogP contribution is -2.14. The SMILES string of the molecule is Cc1ccsc1C(C)Nc1ccc(F)c(C(N)=O)c1. The Bertz CT molecular complexity index is 609. The van der Waals surface area contributed by atoms with Crippen LogP contribution in [-0.4, -0.2) is 5.91 Å². The molecule has 1 unspecified atom stereocenters. The molecule has 0 radical (unpaired) electrons. The molecule has 0 aliphatic heterocycles. The summed E-state index contributed by atoms with van der Waals surface area (Å²) in [6.07, 6.45) is 0. The van der Waals surface area contributed by atoms with Gasteiger partial charge in [0.05, 0.1) is 11.6 Å². The predicted octanol–water partition coefficient (Wildman–Crippen LogP) is 3.47. The van der Waals surface area contributed by atoms with Crippen molar-refractivity contribution >= 4 is 22.9 Å². The first kappa shape index (κ1) is 13.5. The van der Waals surface area contributed by atoms with Gasteiger partial charge in [0.1, 0.15) is 5.82 Å². The number of benzene rings is 1. The van der Waals surface area contributed by atoms with E-state index in [1.165, 1.54) is 22.6 Å². The van der Waals surface area contributed by atoms with E-state index in [1.807, 2.05) is 19.2 Å². The second-order valence-corrected chi connectivity index (χ2v) is 5.34. The maximum atomic E-state index is 13.4. The van der Waals surface area contributed by atoms with Gasteiger partial charge in [-0.15, -0.1) is 11.3 Å². The van der Waals surface area contributed by atoms with Gasteiger partial charge in [0.2, 0.25) is 0 Å². The minimum atomic E-state index is -0.763. The van der Waals surface area contributed by atoms with Crippen molar-refractivity contribution in [2.45, 2.75) is 19.9 Å². The van der Waals surface area contributed by atoms with E-state index in [0.717, 1.165) is 0 Å². The summed E-state index contributed by atoms with van der Waals surface area (Å²) in [6.45, 7) is 4.07. The molecule has 1 atom stereocenters. The van der Waals surface area contributed by atoms with Gasteiger partial charge in [-0.3, -0.25) is 4.79 Å². The van der Waals surface area contributed by atoms with Crippen LogP contribution in [0.3, 0.4) is 0 Å². The van der Waals surface area contributed by atoms with Crippen molar-refractivity contribution < 1.29 is 9.18 Å². The molecule has 2 rings (SSSR count). The van der Waals surface area contributed by atoms with Gasteiger partial charge in [0, 0.05) is 10.6 Å². The Balaban J connectivity index is 2.22. The van der Waals surface area contributed by atoms with Crippen molar-refractivity contribution in [1.82, 2.24) is 0 Å². The molecule has 1 aromatic heterocycles. The fourth-order valence-electron chi connectivity index (χ4n) is 1.95. The van der Waals surface area contributed by atoms with Crippen LogP contribution in [-0.2, 0) is 0 Å². The van der Waals surface area contributed by atoms with Crippen molar-refractivity contribution in [2.75, 3.05) is 5.32 Å². The molecule has 0 aliphatic carbocycles. The third-order valence-electron chi connectivity index (χ3n) is 2.91. The van der Waals surface area contributed by atoms with Gasteiger partial charge in [0.15, 0.2) is 0 Å². The molecule has 2 aromatic rings. The Labute approximate surface area is 115 Å². The molecule has 3 nitrogen and oxygen atoms in total. The van der Waals surface area contributed by atoms with Gasteiger partial charge in [-0.1, -0.05) is 0 Å². The molecule has 5 heteroatoms. The lowest BCUT2D eigenvalue weighted by atomic mass is 10.1. The average Bonchev–Trinajstić information content (AvgIpc) is 2.77. The Morgan fingerprint density at radius 2 is 2.16 bits per heavy atom. The summed E-state index contributed by atoms with van der Waals surface area (Å²) in [5.41, 5.74) is 6.92. The van der Waals surface area contributed by atoms with Crippen LogP contribution in [0.2, 0.25) is 0 Å². The minimum absolute atomic E-state index is 0.0891. The van der Waals surface area contributed by atoms with Crippen molar-refractivity contribution in [3.05, 3.63) is 51.5 Å². The van der Waals surface area contributed by atoms with Gasteiger partial charge in [0.25, 0.3) is 5.91 Å². The third kappa shape index (κ3) is 2.93. The van der Waals surface area contributed by atoms with E-state index >= 15 is 0 Å². The van der Waals surface area contributed by atoms with E-state index in [0.29, 0.717) is 5.69 Å². The highest BCUT2D eigenvalue weighted by molar-refractivity contribution is 7.10. The molecule has 19 heavy (non-hydrogen) atoms. The summed E-state index contributed by atoms with van der Waals surface area (Å²) >= 11 is 1.66. The standard InChI is InChI=1S/C14H15FN2OS/c1-8-5-6-19-13(8)9(2)17-10-3-4-12(15)11(7-10)14(16)18/h3-7,9,17H,1-2H3,(H2,16,18). The summed E-state index contributed by atoms with van der Waals surface area (Å²) in [6, 6.07) is 6.43. The summed E-state index contributed by atoms with van der Waals surface area (Å²) in [4.78, 5) is 12.3. The van der Waals surface area contributed by atoms with Crippen molar-refractivity contribution in [3.8, 4) is 0 Å². The molecular formula is C14H15FN2OS. The number of nitrogens with one attached hydrogen (secondary N) is 1. The monoisotopic (exact) mass is 278 g/mol. The van der Waals surface area contributed by atoms with Crippen LogP contribution < -0.4 is 11.1 Å². The van der Waals surface area contributed by atoms with Crippen LogP contribution in [0.25, 0.3) is 0 Å². The third-order valence-corrected chi connectivity index (χ3v) is 4.11. The first-order valence-corrected chi connectivity index (χ1v) is 6.77. The van der Waals surface area contributed by atoms with Gasteiger partial charge < -0.3 is 11.1 Å². The Morgan fingerprint density at radius 1 is 1.42 bits per heavy atom. The number of aryl methyl sites for hydroxylation is 1. The number of hydrogen-bond donors (Lipinski definition) is 2. The first-order chi connectivity index (χ1) is 8.99. The smallest absolute Gasteiger partial charge is 0.251 e. The highest BCUT2D eigenvalue weighted by Crippen LogP contribution is 2.27. The Hall–Kier alpha value is -1.88. The van der Waals surface area contributed by atoms with Crippen LogP contribution in [0.5, 0.6) is 0 Å². The number of anilines is 1. The summed E-state index contributed by atoms with van der Waals surface area (Å²) in [7, 11) is 0. The van der Waals surface area contributed by atoms with Gasteiger partial charge in [-0.25, -0.2) is 4.39 Å². The molecule has 0 saturated heterocycles. The van der Waals surface area contributed by atoms with Gasteiger partial charge in [-0.05, 0) is 49.1 Å². The lowest BCUT2D eigenvalue weighted by Gasteiger charge is -2.15. The molecule has 0 fully saturated rings. The molecule has 1 aromatic carbocycles. The van der Waals surface area contributed by atoms with E-state index in [-0.39, 0.29) is 11.6 Å². The number of thiophene rings is 1. The van der Waals surface area contributed by atoms with Crippen molar-refractivity contribution in [1.29, 1.82) is 0 Å². The largest absolute Gasteiger partial charge is 0.378 e. The first-order valence-electron chi connectivity index (χ1n) is 5.89. The summed E-state index contributed by atoms with van der Waals surface area (Å²) in [5, 5.41) is 5.27.